The molecule has 0 spiro atoms. The Hall–Kier alpha value is -0.970. The highest BCUT2D eigenvalue weighted by Crippen LogP contribution is 2.22. The van der Waals surface area contributed by atoms with Crippen molar-refractivity contribution in [3.05, 3.63) is 35.6 Å². The smallest absolute Gasteiger partial charge is 0.123 e. The van der Waals surface area contributed by atoms with Crippen LogP contribution in [-0.2, 0) is 16.1 Å². The Morgan fingerprint density at radius 3 is 2.65 bits per heavy atom. The second-order valence-corrected chi connectivity index (χ2v) is 5.69. The van der Waals surface area contributed by atoms with Crippen molar-refractivity contribution >= 4 is 0 Å². The fourth-order valence-electron chi connectivity index (χ4n) is 3.07. The van der Waals surface area contributed by atoms with Crippen molar-refractivity contribution in [1.82, 2.24) is 4.90 Å². The van der Waals surface area contributed by atoms with Crippen LogP contribution >= 0.6 is 0 Å². The molecule has 3 nitrogen and oxygen atoms in total. The molecule has 0 radical (unpaired) electrons. The Morgan fingerprint density at radius 2 is 1.90 bits per heavy atom. The summed E-state index contributed by atoms with van der Waals surface area (Å²) in [6.07, 6.45) is 3.69. The van der Waals surface area contributed by atoms with Gasteiger partial charge in [0.05, 0.1) is 12.7 Å². The molecule has 0 saturated carbocycles. The summed E-state index contributed by atoms with van der Waals surface area (Å²) in [4.78, 5) is 2.54. The van der Waals surface area contributed by atoms with E-state index < -0.39 is 0 Å². The molecule has 0 amide bonds. The first-order valence-electron chi connectivity index (χ1n) is 7.49. The van der Waals surface area contributed by atoms with Gasteiger partial charge in [0.2, 0.25) is 0 Å². The van der Waals surface area contributed by atoms with Gasteiger partial charge in [-0.05, 0) is 37.0 Å². The number of ether oxygens (including phenoxy) is 2. The molecular weight excluding hydrogens is 257 g/mol. The van der Waals surface area contributed by atoms with Gasteiger partial charge in [0.1, 0.15) is 5.82 Å². The number of halogens is 1. The van der Waals surface area contributed by atoms with E-state index in [0.717, 1.165) is 51.1 Å². The third kappa shape index (κ3) is 3.57. The molecule has 20 heavy (non-hydrogen) atoms. The molecule has 2 saturated heterocycles. The van der Waals surface area contributed by atoms with Crippen molar-refractivity contribution in [1.29, 1.82) is 0 Å². The number of hydrogen-bond donors (Lipinski definition) is 0. The van der Waals surface area contributed by atoms with Gasteiger partial charge in [-0.3, -0.25) is 4.90 Å². The summed E-state index contributed by atoms with van der Waals surface area (Å²) < 4.78 is 24.2. The Morgan fingerprint density at radius 1 is 1.15 bits per heavy atom. The summed E-state index contributed by atoms with van der Waals surface area (Å²) in [5.41, 5.74) is 1.04. The molecule has 0 bridgehead atoms. The lowest BCUT2D eigenvalue weighted by Crippen LogP contribution is -2.38. The highest BCUT2D eigenvalue weighted by Gasteiger charge is 2.29. The van der Waals surface area contributed by atoms with Crippen LogP contribution in [0.1, 0.15) is 24.8 Å². The Labute approximate surface area is 119 Å². The van der Waals surface area contributed by atoms with E-state index in [0.29, 0.717) is 18.8 Å². The third-order valence-electron chi connectivity index (χ3n) is 4.28. The highest BCUT2D eigenvalue weighted by atomic mass is 19.1. The lowest BCUT2D eigenvalue weighted by molar-refractivity contribution is 0.0205. The van der Waals surface area contributed by atoms with Crippen molar-refractivity contribution in [2.75, 3.05) is 26.3 Å². The minimum absolute atomic E-state index is 0.194. The average molecular weight is 279 g/mol. The van der Waals surface area contributed by atoms with Crippen LogP contribution in [0.2, 0.25) is 0 Å². The van der Waals surface area contributed by atoms with Gasteiger partial charge in [0.25, 0.3) is 0 Å². The summed E-state index contributed by atoms with van der Waals surface area (Å²) in [6, 6.07) is 7.23. The van der Waals surface area contributed by atoms with Gasteiger partial charge in [0, 0.05) is 32.3 Å². The molecule has 110 valence electrons. The van der Waals surface area contributed by atoms with E-state index in [9.17, 15) is 4.39 Å². The molecule has 0 N–H and O–H groups in total. The van der Waals surface area contributed by atoms with Crippen molar-refractivity contribution in [3.8, 4) is 0 Å². The van der Waals surface area contributed by atoms with Crippen LogP contribution in [0.4, 0.5) is 4.39 Å². The highest BCUT2D eigenvalue weighted by molar-refractivity contribution is 5.15. The predicted octanol–water partition coefficient (Wildman–Crippen LogP) is 2.60. The van der Waals surface area contributed by atoms with Crippen LogP contribution < -0.4 is 0 Å². The molecule has 2 fully saturated rings. The zero-order valence-electron chi connectivity index (χ0n) is 11.8. The lowest BCUT2D eigenvalue weighted by Gasteiger charge is -2.30. The molecule has 0 aromatic heterocycles. The third-order valence-corrected chi connectivity index (χ3v) is 4.28. The van der Waals surface area contributed by atoms with Crippen LogP contribution in [0, 0.1) is 5.82 Å². The molecule has 0 aliphatic carbocycles. The molecule has 1 aromatic rings. The van der Waals surface area contributed by atoms with E-state index in [2.05, 4.69) is 4.90 Å². The van der Waals surface area contributed by atoms with Crippen LogP contribution in [0.25, 0.3) is 0 Å². The van der Waals surface area contributed by atoms with Crippen molar-refractivity contribution < 1.29 is 13.9 Å². The Kier molecular flexibility index (Phi) is 4.65. The number of nitrogens with zero attached hydrogens (tertiary/aromatic N) is 1. The van der Waals surface area contributed by atoms with Crippen molar-refractivity contribution in [3.63, 3.8) is 0 Å². The van der Waals surface area contributed by atoms with Crippen LogP contribution in [0.15, 0.2) is 24.3 Å². The predicted molar refractivity (Wildman–Crippen MR) is 75.0 cm³/mol. The zero-order valence-corrected chi connectivity index (χ0v) is 11.8. The van der Waals surface area contributed by atoms with Crippen LogP contribution in [0.5, 0.6) is 0 Å². The number of likely N-dealkylation sites (tertiary alicyclic amines) is 1. The molecule has 4 heteroatoms. The fraction of sp³-hybridized carbons (Fsp3) is 0.625. The molecule has 2 heterocycles. The van der Waals surface area contributed by atoms with E-state index in [-0.39, 0.29) is 5.82 Å². The quantitative estimate of drug-likeness (QED) is 0.845. The van der Waals surface area contributed by atoms with E-state index in [1.165, 1.54) is 12.1 Å². The molecule has 1 aromatic carbocycles. The standard InChI is InChI=1S/C16H22FNO2/c17-14-3-1-13(2-4-14)12-20-16-5-8-18(11-16)15-6-9-19-10-7-15/h1-4,15-16H,5-12H2/t16-/m1/s1. The van der Waals surface area contributed by atoms with Crippen LogP contribution in [0.3, 0.4) is 0 Å². The first-order chi connectivity index (χ1) is 9.81. The lowest BCUT2D eigenvalue weighted by atomic mass is 10.1. The minimum atomic E-state index is -0.194. The monoisotopic (exact) mass is 279 g/mol. The summed E-state index contributed by atoms with van der Waals surface area (Å²) in [7, 11) is 0. The van der Waals surface area contributed by atoms with Crippen LogP contribution in [-0.4, -0.2) is 43.3 Å². The number of hydrogen-bond acceptors (Lipinski definition) is 3. The Balaban J connectivity index is 1.44. The minimum Gasteiger partial charge on any atom is -0.381 e. The molecule has 1 atom stereocenters. The van der Waals surface area contributed by atoms with Gasteiger partial charge in [-0.15, -0.1) is 0 Å². The summed E-state index contributed by atoms with van der Waals surface area (Å²) >= 11 is 0. The first-order valence-corrected chi connectivity index (χ1v) is 7.49. The summed E-state index contributed by atoms with van der Waals surface area (Å²) in [5, 5.41) is 0. The van der Waals surface area contributed by atoms with E-state index in [4.69, 9.17) is 9.47 Å². The van der Waals surface area contributed by atoms with Gasteiger partial charge >= 0.3 is 0 Å². The second kappa shape index (κ2) is 6.66. The van der Waals surface area contributed by atoms with Gasteiger partial charge in [-0.25, -0.2) is 4.39 Å². The van der Waals surface area contributed by atoms with Gasteiger partial charge in [0.15, 0.2) is 0 Å². The van der Waals surface area contributed by atoms with E-state index in [1.54, 1.807) is 12.1 Å². The normalized spacial score (nSPS) is 25.1. The fourth-order valence-corrected chi connectivity index (χ4v) is 3.07. The van der Waals surface area contributed by atoms with Crippen molar-refractivity contribution in [2.24, 2.45) is 0 Å². The van der Waals surface area contributed by atoms with Gasteiger partial charge in [-0.2, -0.15) is 0 Å². The topological polar surface area (TPSA) is 21.7 Å². The SMILES string of the molecule is Fc1ccc(CO[C@@H]2CCN(C3CCOCC3)C2)cc1. The largest absolute Gasteiger partial charge is 0.381 e. The molecule has 2 aliphatic rings. The van der Waals surface area contributed by atoms with E-state index in [1.807, 2.05) is 0 Å². The Bertz CT molecular complexity index is 417. The molecule has 0 unspecified atom stereocenters. The molecule has 2 aliphatic heterocycles. The summed E-state index contributed by atoms with van der Waals surface area (Å²) in [6.45, 7) is 4.50. The maximum atomic E-state index is 12.8. The maximum absolute atomic E-state index is 12.8. The van der Waals surface area contributed by atoms with Crippen molar-refractivity contribution in [2.45, 2.75) is 38.0 Å². The molecular formula is C16H22FNO2. The second-order valence-electron chi connectivity index (χ2n) is 5.69. The molecule has 3 rings (SSSR count). The van der Waals surface area contributed by atoms with Gasteiger partial charge in [-0.1, -0.05) is 12.1 Å². The number of rotatable bonds is 4. The summed E-state index contributed by atoms with van der Waals surface area (Å²) in [5.74, 6) is -0.194. The maximum Gasteiger partial charge on any atom is 0.123 e. The van der Waals surface area contributed by atoms with E-state index >= 15 is 0 Å². The zero-order chi connectivity index (χ0) is 13.8. The first kappa shape index (κ1) is 14.0. The number of benzene rings is 1. The average Bonchev–Trinajstić information content (AvgIpc) is 2.97. The van der Waals surface area contributed by atoms with Gasteiger partial charge < -0.3 is 9.47 Å².